The molecule has 0 aliphatic carbocycles. The van der Waals surface area contributed by atoms with E-state index in [0.717, 1.165) is 17.0 Å². The average Bonchev–Trinajstić information content (AvgIpc) is 2.67. The molecule has 0 radical (unpaired) electrons. The van der Waals surface area contributed by atoms with Gasteiger partial charge >= 0.3 is 0 Å². The van der Waals surface area contributed by atoms with Crippen LogP contribution in [0.15, 0.2) is 65.8 Å². The van der Waals surface area contributed by atoms with E-state index in [0.29, 0.717) is 18.3 Å². The second-order valence-electron chi connectivity index (χ2n) is 5.70. The topological polar surface area (TPSA) is 71.4 Å². The van der Waals surface area contributed by atoms with Gasteiger partial charge in [-0.2, -0.15) is 10.1 Å². The summed E-state index contributed by atoms with van der Waals surface area (Å²) >= 11 is 0. The highest BCUT2D eigenvalue weighted by molar-refractivity contribution is 5.80. The second kappa shape index (κ2) is 8.62. The van der Waals surface area contributed by atoms with Gasteiger partial charge in [-0.1, -0.05) is 30.3 Å². The first kappa shape index (κ1) is 17.4. The van der Waals surface area contributed by atoms with Crippen LogP contribution in [0.25, 0.3) is 0 Å². The molecule has 1 heterocycles. The molecular formula is C20H21N5O. The van der Waals surface area contributed by atoms with Crippen molar-refractivity contribution in [1.82, 2.24) is 9.97 Å². The molecule has 0 saturated heterocycles. The number of nitrogens with zero attached hydrogens (tertiary/aromatic N) is 3. The van der Waals surface area contributed by atoms with Crippen LogP contribution in [0.3, 0.4) is 0 Å². The Bertz CT molecular complexity index is 863. The summed E-state index contributed by atoms with van der Waals surface area (Å²) in [6.45, 7) is 2.59. The zero-order valence-electron chi connectivity index (χ0n) is 14.8. The van der Waals surface area contributed by atoms with Crippen LogP contribution in [-0.4, -0.2) is 23.3 Å². The van der Waals surface area contributed by atoms with E-state index in [9.17, 15) is 0 Å². The Balaban J connectivity index is 1.62. The molecule has 3 rings (SSSR count). The van der Waals surface area contributed by atoms with Gasteiger partial charge in [0.15, 0.2) is 5.82 Å². The van der Waals surface area contributed by atoms with Gasteiger partial charge in [0.2, 0.25) is 5.95 Å². The average molecular weight is 347 g/mol. The molecule has 1 aromatic heterocycles. The van der Waals surface area contributed by atoms with Crippen LogP contribution >= 0.6 is 0 Å². The number of methoxy groups -OCH3 is 1. The highest BCUT2D eigenvalue weighted by atomic mass is 16.5. The fourth-order valence-corrected chi connectivity index (χ4v) is 2.34. The molecule has 0 spiro atoms. The molecule has 6 heteroatoms. The van der Waals surface area contributed by atoms with Gasteiger partial charge in [0.05, 0.1) is 13.3 Å². The van der Waals surface area contributed by atoms with Crippen molar-refractivity contribution in [1.29, 1.82) is 0 Å². The SMILES string of the molecule is COc1ccc(/C=N\Nc2cc(C)nc(NCc3ccccc3)n2)cc1. The van der Waals surface area contributed by atoms with Crippen molar-refractivity contribution < 1.29 is 4.74 Å². The van der Waals surface area contributed by atoms with Crippen molar-refractivity contribution in [3.05, 3.63) is 77.5 Å². The number of rotatable bonds is 7. The van der Waals surface area contributed by atoms with E-state index in [4.69, 9.17) is 4.74 Å². The van der Waals surface area contributed by atoms with Gasteiger partial charge in [-0.05, 0) is 42.3 Å². The number of hydrazone groups is 1. The molecule has 132 valence electrons. The molecule has 26 heavy (non-hydrogen) atoms. The minimum Gasteiger partial charge on any atom is -0.497 e. The third kappa shape index (κ3) is 5.04. The standard InChI is InChI=1S/C20H21N5O/c1-15-12-19(25-22-14-17-8-10-18(26-2)11-9-17)24-20(23-15)21-13-16-6-4-3-5-7-16/h3-12,14H,13H2,1-2H3,(H2,21,23,24,25)/b22-14-. The first-order valence-electron chi connectivity index (χ1n) is 8.29. The van der Waals surface area contributed by atoms with Crippen molar-refractivity contribution in [2.24, 2.45) is 5.10 Å². The predicted molar refractivity (Wildman–Crippen MR) is 105 cm³/mol. The summed E-state index contributed by atoms with van der Waals surface area (Å²) in [6.07, 6.45) is 1.73. The maximum atomic E-state index is 5.14. The number of ether oxygens (including phenoxy) is 1. The lowest BCUT2D eigenvalue weighted by Gasteiger charge is -2.08. The first-order valence-corrected chi connectivity index (χ1v) is 8.29. The third-order valence-electron chi connectivity index (χ3n) is 3.66. The largest absolute Gasteiger partial charge is 0.497 e. The number of hydrogen-bond acceptors (Lipinski definition) is 6. The normalized spacial score (nSPS) is 10.7. The molecule has 2 aromatic carbocycles. The first-order chi connectivity index (χ1) is 12.7. The van der Waals surface area contributed by atoms with E-state index in [1.807, 2.05) is 55.5 Å². The number of aromatic nitrogens is 2. The summed E-state index contributed by atoms with van der Waals surface area (Å²) in [4.78, 5) is 8.85. The van der Waals surface area contributed by atoms with Gasteiger partial charge in [-0.3, -0.25) is 5.43 Å². The number of nitrogens with one attached hydrogen (secondary N) is 2. The van der Waals surface area contributed by atoms with Crippen molar-refractivity contribution in [2.75, 3.05) is 17.9 Å². The molecule has 0 bridgehead atoms. The summed E-state index contributed by atoms with van der Waals surface area (Å²) in [5.74, 6) is 2.02. The Morgan fingerprint density at radius 1 is 1.04 bits per heavy atom. The van der Waals surface area contributed by atoms with Crippen molar-refractivity contribution in [3.63, 3.8) is 0 Å². The Labute approximate surface area is 153 Å². The molecule has 0 aliphatic rings. The number of benzene rings is 2. The van der Waals surface area contributed by atoms with Crippen LogP contribution in [0, 0.1) is 6.92 Å². The minimum absolute atomic E-state index is 0.566. The molecule has 0 aliphatic heterocycles. The van der Waals surface area contributed by atoms with Crippen LogP contribution in [0.1, 0.15) is 16.8 Å². The summed E-state index contributed by atoms with van der Waals surface area (Å²) < 4.78 is 5.14. The van der Waals surface area contributed by atoms with E-state index in [2.05, 4.69) is 37.9 Å². The smallest absolute Gasteiger partial charge is 0.225 e. The van der Waals surface area contributed by atoms with Gasteiger partial charge < -0.3 is 10.1 Å². The van der Waals surface area contributed by atoms with Crippen LogP contribution < -0.4 is 15.5 Å². The van der Waals surface area contributed by atoms with Crippen molar-refractivity contribution in [2.45, 2.75) is 13.5 Å². The zero-order valence-corrected chi connectivity index (χ0v) is 14.8. The van der Waals surface area contributed by atoms with Crippen molar-refractivity contribution >= 4 is 18.0 Å². The molecule has 6 nitrogen and oxygen atoms in total. The Kier molecular flexibility index (Phi) is 5.77. The van der Waals surface area contributed by atoms with Crippen LogP contribution in [0.5, 0.6) is 5.75 Å². The minimum atomic E-state index is 0.566. The summed E-state index contributed by atoms with van der Waals surface area (Å²) in [5.41, 5.74) is 5.94. The molecule has 3 aromatic rings. The van der Waals surface area contributed by atoms with Gasteiger partial charge in [-0.15, -0.1) is 0 Å². The lowest BCUT2D eigenvalue weighted by molar-refractivity contribution is 0.415. The lowest BCUT2D eigenvalue weighted by Crippen LogP contribution is -2.06. The summed E-state index contributed by atoms with van der Waals surface area (Å²) in [7, 11) is 1.64. The van der Waals surface area contributed by atoms with Gasteiger partial charge in [-0.25, -0.2) is 4.98 Å². The van der Waals surface area contributed by atoms with Crippen LogP contribution in [-0.2, 0) is 6.54 Å². The van der Waals surface area contributed by atoms with Gasteiger partial charge in [0, 0.05) is 18.3 Å². The van der Waals surface area contributed by atoms with Crippen LogP contribution in [0.2, 0.25) is 0 Å². The Morgan fingerprint density at radius 3 is 2.54 bits per heavy atom. The molecule has 2 N–H and O–H groups in total. The Morgan fingerprint density at radius 2 is 1.81 bits per heavy atom. The highest BCUT2D eigenvalue weighted by Gasteiger charge is 2.02. The van der Waals surface area contributed by atoms with Gasteiger partial charge in [0.1, 0.15) is 5.75 Å². The monoisotopic (exact) mass is 347 g/mol. The fourth-order valence-electron chi connectivity index (χ4n) is 2.34. The van der Waals surface area contributed by atoms with E-state index < -0.39 is 0 Å². The number of anilines is 2. The third-order valence-corrected chi connectivity index (χ3v) is 3.66. The molecule has 0 fully saturated rings. The van der Waals surface area contributed by atoms with E-state index in [-0.39, 0.29) is 0 Å². The quantitative estimate of drug-likeness (QED) is 0.502. The van der Waals surface area contributed by atoms with Crippen molar-refractivity contribution in [3.8, 4) is 5.75 Å². The van der Waals surface area contributed by atoms with E-state index in [1.165, 1.54) is 5.56 Å². The molecule has 0 amide bonds. The van der Waals surface area contributed by atoms with E-state index >= 15 is 0 Å². The lowest BCUT2D eigenvalue weighted by atomic mass is 10.2. The molecule has 0 unspecified atom stereocenters. The van der Waals surface area contributed by atoms with Gasteiger partial charge in [0.25, 0.3) is 0 Å². The fraction of sp³-hybridized carbons (Fsp3) is 0.150. The molecule has 0 saturated carbocycles. The highest BCUT2D eigenvalue weighted by Crippen LogP contribution is 2.12. The van der Waals surface area contributed by atoms with E-state index in [1.54, 1.807) is 13.3 Å². The predicted octanol–water partition coefficient (Wildman–Crippen LogP) is 3.85. The molecule has 0 atom stereocenters. The second-order valence-corrected chi connectivity index (χ2v) is 5.70. The summed E-state index contributed by atoms with van der Waals surface area (Å²) in [5, 5.41) is 7.47. The van der Waals surface area contributed by atoms with Crippen LogP contribution in [0.4, 0.5) is 11.8 Å². The maximum Gasteiger partial charge on any atom is 0.225 e. The number of aryl methyl sites for hydroxylation is 1. The maximum absolute atomic E-state index is 5.14. The zero-order chi connectivity index (χ0) is 18.2. The molecular weight excluding hydrogens is 326 g/mol. The Hall–Kier alpha value is -3.41. The summed E-state index contributed by atoms with van der Waals surface area (Å²) in [6, 6.07) is 19.6. The number of hydrogen-bond donors (Lipinski definition) is 2.